The van der Waals surface area contributed by atoms with E-state index in [1.54, 1.807) is 0 Å². The van der Waals surface area contributed by atoms with Crippen LogP contribution in [0.3, 0.4) is 0 Å². The molecular formula is C10H12IN. The Hall–Kier alpha value is -0.0900. The van der Waals surface area contributed by atoms with Gasteiger partial charge in [-0.25, -0.2) is 0 Å². The maximum atomic E-state index is 2.50. The SMILES string of the molecule is CN1CCc2ccccc2[C@H]1I. The molecule has 0 saturated carbocycles. The number of halogens is 1. The van der Waals surface area contributed by atoms with Gasteiger partial charge in [-0.05, 0) is 24.6 Å². The highest BCUT2D eigenvalue weighted by molar-refractivity contribution is 14.1. The van der Waals surface area contributed by atoms with Gasteiger partial charge >= 0.3 is 0 Å². The molecule has 0 unspecified atom stereocenters. The van der Waals surface area contributed by atoms with Gasteiger partial charge in [0.15, 0.2) is 0 Å². The summed E-state index contributed by atoms with van der Waals surface area (Å²) in [5.41, 5.74) is 3.02. The average Bonchev–Trinajstić information content (AvgIpc) is 2.12. The molecule has 0 saturated heterocycles. The molecule has 0 amide bonds. The van der Waals surface area contributed by atoms with E-state index in [9.17, 15) is 0 Å². The molecule has 0 spiro atoms. The van der Waals surface area contributed by atoms with E-state index in [1.165, 1.54) is 24.1 Å². The van der Waals surface area contributed by atoms with Gasteiger partial charge in [0.1, 0.15) is 0 Å². The van der Waals surface area contributed by atoms with E-state index in [2.05, 4.69) is 58.8 Å². The van der Waals surface area contributed by atoms with Crippen molar-refractivity contribution in [2.75, 3.05) is 13.6 Å². The Labute approximate surface area is 86.9 Å². The highest BCUT2D eigenvalue weighted by Gasteiger charge is 2.20. The molecule has 1 atom stereocenters. The molecule has 1 heterocycles. The number of nitrogens with zero attached hydrogens (tertiary/aromatic N) is 1. The zero-order chi connectivity index (χ0) is 8.55. The first-order valence-corrected chi connectivity index (χ1v) is 5.46. The van der Waals surface area contributed by atoms with Gasteiger partial charge in [-0.1, -0.05) is 46.9 Å². The van der Waals surface area contributed by atoms with Crippen molar-refractivity contribution in [1.82, 2.24) is 4.90 Å². The average molecular weight is 273 g/mol. The highest BCUT2D eigenvalue weighted by Crippen LogP contribution is 2.32. The lowest BCUT2D eigenvalue weighted by Crippen LogP contribution is -2.28. The third-order valence-corrected chi connectivity index (χ3v) is 4.05. The van der Waals surface area contributed by atoms with Gasteiger partial charge in [-0.3, -0.25) is 4.90 Å². The summed E-state index contributed by atoms with van der Waals surface area (Å²) in [6.45, 7) is 1.19. The van der Waals surface area contributed by atoms with Crippen molar-refractivity contribution in [2.24, 2.45) is 0 Å². The van der Waals surface area contributed by atoms with Crippen molar-refractivity contribution in [3.05, 3.63) is 35.4 Å². The predicted molar refractivity (Wildman–Crippen MR) is 59.5 cm³/mol. The van der Waals surface area contributed by atoms with Gasteiger partial charge in [-0.2, -0.15) is 0 Å². The summed E-state index contributed by atoms with van der Waals surface area (Å²) in [6, 6.07) is 8.74. The van der Waals surface area contributed by atoms with Crippen LogP contribution in [0.2, 0.25) is 0 Å². The number of rotatable bonds is 0. The van der Waals surface area contributed by atoms with Gasteiger partial charge in [0.25, 0.3) is 0 Å². The first kappa shape index (κ1) is 8.51. The molecule has 12 heavy (non-hydrogen) atoms. The van der Waals surface area contributed by atoms with Gasteiger partial charge < -0.3 is 0 Å². The first-order valence-electron chi connectivity index (χ1n) is 4.21. The first-order chi connectivity index (χ1) is 5.79. The Kier molecular flexibility index (Phi) is 2.37. The molecule has 0 bridgehead atoms. The van der Waals surface area contributed by atoms with Crippen LogP contribution in [-0.2, 0) is 6.42 Å². The number of likely N-dealkylation sites (N-methyl/N-ethyl adjacent to an activating group) is 1. The molecule has 1 aliphatic rings. The summed E-state index contributed by atoms with van der Waals surface area (Å²) < 4.78 is 0.563. The van der Waals surface area contributed by atoms with E-state index in [-0.39, 0.29) is 0 Å². The van der Waals surface area contributed by atoms with Crippen molar-refractivity contribution < 1.29 is 0 Å². The van der Waals surface area contributed by atoms with Gasteiger partial charge in [0.05, 0.1) is 4.05 Å². The molecule has 0 aromatic heterocycles. The van der Waals surface area contributed by atoms with E-state index in [4.69, 9.17) is 0 Å². The zero-order valence-electron chi connectivity index (χ0n) is 7.13. The van der Waals surface area contributed by atoms with Crippen molar-refractivity contribution in [1.29, 1.82) is 0 Å². The monoisotopic (exact) mass is 273 g/mol. The van der Waals surface area contributed by atoms with Crippen LogP contribution in [0.1, 0.15) is 15.2 Å². The Balaban J connectivity index is 2.42. The Morgan fingerprint density at radius 2 is 2.17 bits per heavy atom. The van der Waals surface area contributed by atoms with Crippen molar-refractivity contribution in [3.8, 4) is 0 Å². The van der Waals surface area contributed by atoms with Crippen LogP contribution in [0.25, 0.3) is 0 Å². The van der Waals surface area contributed by atoms with Gasteiger partial charge in [0.2, 0.25) is 0 Å². The summed E-state index contributed by atoms with van der Waals surface area (Å²) in [5.74, 6) is 0. The Morgan fingerprint density at radius 1 is 1.42 bits per heavy atom. The number of hydrogen-bond acceptors (Lipinski definition) is 1. The summed E-state index contributed by atoms with van der Waals surface area (Å²) >= 11 is 2.50. The minimum atomic E-state index is 0.563. The number of benzene rings is 1. The summed E-state index contributed by atoms with van der Waals surface area (Å²) in [7, 11) is 2.19. The molecular weight excluding hydrogens is 261 g/mol. The fourth-order valence-corrected chi connectivity index (χ4v) is 2.53. The van der Waals surface area contributed by atoms with Gasteiger partial charge in [-0.15, -0.1) is 0 Å². The minimum Gasteiger partial charge on any atom is -0.291 e. The maximum Gasteiger partial charge on any atom is 0.0874 e. The van der Waals surface area contributed by atoms with Crippen LogP contribution in [0.4, 0.5) is 0 Å². The second kappa shape index (κ2) is 3.34. The van der Waals surface area contributed by atoms with E-state index < -0.39 is 0 Å². The molecule has 2 heteroatoms. The van der Waals surface area contributed by atoms with E-state index in [1.807, 2.05) is 0 Å². The van der Waals surface area contributed by atoms with Crippen LogP contribution in [0, 0.1) is 0 Å². The fraction of sp³-hybridized carbons (Fsp3) is 0.400. The molecule has 0 fully saturated rings. The standard InChI is InChI=1S/C10H12IN/c1-12-7-6-8-4-2-3-5-9(8)10(12)11/h2-5,10H,6-7H2,1H3/t10-/m0/s1. The lowest BCUT2D eigenvalue weighted by Gasteiger charge is -2.30. The molecule has 1 aromatic rings. The quantitative estimate of drug-likeness (QED) is 0.399. The molecule has 0 N–H and O–H groups in total. The van der Waals surface area contributed by atoms with Crippen LogP contribution in [0.15, 0.2) is 24.3 Å². The third kappa shape index (κ3) is 1.38. The predicted octanol–water partition coefficient (Wildman–Crippen LogP) is 2.61. The smallest absolute Gasteiger partial charge is 0.0874 e. The fourth-order valence-electron chi connectivity index (χ4n) is 1.64. The number of fused-ring (bicyclic) bond motifs is 1. The summed E-state index contributed by atoms with van der Waals surface area (Å²) in [6.07, 6.45) is 1.20. The third-order valence-electron chi connectivity index (χ3n) is 2.43. The molecule has 1 aromatic carbocycles. The van der Waals surface area contributed by atoms with E-state index in [0.717, 1.165) is 0 Å². The number of hydrogen-bond donors (Lipinski definition) is 0. The second-order valence-corrected chi connectivity index (χ2v) is 4.45. The zero-order valence-corrected chi connectivity index (χ0v) is 9.28. The molecule has 2 rings (SSSR count). The number of alkyl halides is 1. The van der Waals surface area contributed by atoms with Crippen LogP contribution < -0.4 is 0 Å². The molecule has 1 aliphatic heterocycles. The normalized spacial score (nSPS) is 23.7. The van der Waals surface area contributed by atoms with Crippen LogP contribution >= 0.6 is 22.6 Å². The summed E-state index contributed by atoms with van der Waals surface area (Å²) in [4.78, 5) is 2.39. The Morgan fingerprint density at radius 3 is 3.00 bits per heavy atom. The minimum absolute atomic E-state index is 0.563. The van der Waals surface area contributed by atoms with Crippen LogP contribution in [0.5, 0.6) is 0 Å². The molecule has 0 radical (unpaired) electrons. The summed E-state index contributed by atoms with van der Waals surface area (Å²) in [5, 5.41) is 0. The van der Waals surface area contributed by atoms with Crippen molar-refractivity contribution >= 4 is 22.6 Å². The molecule has 64 valence electrons. The molecule has 1 nitrogen and oxygen atoms in total. The van der Waals surface area contributed by atoms with Gasteiger partial charge in [0, 0.05) is 6.54 Å². The second-order valence-electron chi connectivity index (χ2n) is 3.27. The van der Waals surface area contributed by atoms with E-state index >= 15 is 0 Å². The van der Waals surface area contributed by atoms with E-state index in [0.29, 0.717) is 4.05 Å². The molecule has 0 aliphatic carbocycles. The van der Waals surface area contributed by atoms with Crippen LogP contribution in [-0.4, -0.2) is 18.5 Å². The van der Waals surface area contributed by atoms with Crippen molar-refractivity contribution in [3.63, 3.8) is 0 Å². The highest BCUT2D eigenvalue weighted by atomic mass is 127. The van der Waals surface area contributed by atoms with Crippen molar-refractivity contribution in [2.45, 2.75) is 10.5 Å². The lowest BCUT2D eigenvalue weighted by atomic mass is 10.0. The maximum absolute atomic E-state index is 2.50. The largest absolute Gasteiger partial charge is 0.291 e. The Bertz CT molecular complexity index is 285. The topological polar surface area (TPSA) is 3.24 Å². The lowest BCUT2D eigenvalue weighted by molar-refractivity contribution is 0.316.